The number of benzene rings is 2. The first-order valence-corrected chi connectivity index (χ1v) is 10.2. The SMILES string of the molecule is CCOC(=O)c1ccc(NC2c3ncccc3C(=O)N2c2ccc(OCC)cc2)cc1. The number of anilines is 2. The first kappa shape index (κ1) is 20.4. The van der Waals surface area contributed by atoms with E-state index in [1.54, 1.807) is 54.4 Å². The fourth-order valence-electron chi connectivity index (χ4n) is 3.53. The van der Waals surface area contributed by atoms with E-state index in [9.17, 15) is 9.59 Å². The van der Waals surface area contributed by atoms with Gasteiger partial charge in [-0.15, -0.1) is 0 Å². The zero-order valence-corrected chi connectivity index (χ0v) is 17.4. The molecule has 0 saturated heterocycles. The minimum atomic E-state index is -0.491. The number of amides is 1. The summed E-state index contributed by atoms with van der Waals surface area (Å²) in [5.74, 6) is 0.244. The third-order valence-electron chi connectivity index (χ3n) is 4.93. The zero-order chi connectivity index (χ0) is 21.8. The van der Waals surface area contributed by atoms with Crippen molar-refractivity contribution in [3.8, 4) is 5.75 Å². The van der Waals surface area contributed by atoms with E-state index in [0.29, 0.717) is 30.0 Å². The molecule has 1 atom stereocenters. The molecule has 3 aromatic rings. The first-order valence-electron chi connectivity index (χ1n) is 10.2. The average molecular weight is 417 g/mol. The number of carbonyl (C=O) groups excluding carboxylic acids is 2. The third-order valence-corrected chi connectivity index (χ3v) is 4.93. The van der Waals surface area contributed by atoms with Crippen molar-refractivity contribution < 1.29 is 19.1 Å². The van der Waals surface area contributed by atoms with Crippen molar-refractivity contribution in [1.82, 2.24) is 4.98 Å². The van der Waals surface area contributed by atoms with Gasteiger partial charge in [-0.2, -0.15) is 0 Å². The molecule has 0 fully saturated rings. The fraction of sp³-hybridized carbons (Fsp3) is 0.208. The summed E-state index contributed by atoms with van der Waals surface area (Å²) >= 11 is 0. The summed E-state index contributed by atoms with van der Waals surface area (Å²) in [5.41, 5.74) is 3.15. The smallest absolute Gasteiger partial charge is 0.338 e. The quantitative estimate of drug-likeness (QED) is 0.573. The van der Waals surface area contributed by atoms with Crippen LogP contribution in [-0.4, -0.2) is 30.1 Å². The van der Waals surface area contributed by atoms with Gasteiger partial charge in [-0.1, -0.05) is 0 Å². The summed E-state index contributed by atoms with van der Waals surface area (Å²) < 4.78 is 10.5. The van der Waals surface area contributed by atoms with Crippen LogP contribution in [0.5, 0.6) is 5.75 Å². The number of esters is 1. The van der Waals surface area contributed by atoms with E-state index in [0.717, 1.165) is 17.1 Å². The highest BCUT2D eigenvalue weighted by Crippen LogP contribution is 2.37. The van der Waals surface area contributed by atoms with Gasteiger partial charge in [0.2, 0.25) is 0 Å². The van der Waals surface area contributed by atoms with Crippen LogP contribution in [0, 0.1) is 0 Å². The van der Waals surface area contributed by atoms with Crippen LogP contribution in [0.2, 0.25) is 0 Å². The maximum atomic E-state index is 13.2. The Morgan fingerprint density at radius 2 is 1.77 bits per heavy atom. The van der Waals surface area contributed by atoms with Gasteiger partial charge in [0.05, 0.1) is 30.0 Å². The Morgan fingerprint density at radius 3 is 2.45 bits per heavy atom. The number of aromatic nitrogens is 1. The van der Waals surface area contributed by atoms with Crippen molar-refractivity contribution >= 4 is 23.3 Å². The number of hydrogen-bond acceptors (Lipinski definition) is 6. The second-order valence-electron chi connectivity index (χ2n) is 6.88. The Morgan fingerprint density at radius 1 is 1.03 bits per heavy atom. The first-order chi connectivity index (χ1) is 15.1. The molecule has 0 radical (unpaired) electrons. The van der Waals surface area contributed by atoms with Crippen LogP contribution in [0.3, 0.4) is 0 Å². The molecular weight excluding hydrogens is 394 g/mol. The van der Waals surface area contributed by atoms with Gasteiger partial charge in [-0.05, 0) is 74.5 Å². The molecule has 1 aliphatic heterocycles. The Hall–Kier alpha value is -3.87. The van der Waals surface area contributed by atoms with Gasteiger partial charge < -0.3 is 14.8 Å². The van der Waals surface area contributed by atoms with Crippen molar-refractivity contribution in [3.05, 3.63) is 83.7 Å². The number of nitrogens with zero attached hydrogens (tertiary/aromatic N) is 2. The van der Waals surface area contributed by atoms with E-state index >= 15 is 0 Å². The largest absolute Gasteiger partial charge is 0.494 e. The standard InChI is InChI=1S/C24H23N3O4/c1-3-30-19-13-11-18(12-14-19)27-22(21-20(23(27)28)6-5-15-25-21)26-17-9-7-16(8-10-17)24(29)31-4-2/h5-15,22,26H,3-4H2,1-2H3. The molecule has 158 valence electrons. The maximum Gasteiger partial charge on any atom is 0.338 e. The molecule has 0 saturated carbocycles. The Balaban J connectivity index is 1.64. The van der Waals surface area contributed by atoms with Gasteiger partial charge in [0.25, 0.3) is 5.91 Å². The lowest BCUT2D eigenvalue weighted by atomic mass is 10.2. The summed E-state index contributed by atoms with van der Waals surface area (Å²) in [4.78, 5) is 31.2. The highest BCUT2D eigenvalue weighted by Gasteiger charge is 2.39. The molecular formula is C24H23N3O4. The minimum Gasteiger partial charge on any atom is -0.494 e. The predicted octanol–water partition coefficient (Wildman–Crippen LogP) is 4.43. The lowest BCUT2D eigenvalue weighted by Crippen LogP contribution is -2.32. The Kier molecular flexibility index (Phi) is 5.84. The highest BCUT2D eigenvalue weighted by atomic mass is 16.5. The summed E-state index contributed by atoms with van der Waals surface area (Å²) in [7, 11) is 0. The van der Waals surface area contributed by atoms with E-state index in [-0.39, 0.29) is 11.9 Å². The monoisotopic (exact) mass is 417 g/mol. The molecule has 2 heterocycles. The van der Waals surface area contributed by atoms with Gasteiger partial charge >= 0.3 is 5.97 Å². The van der Waals surface area contributed by atoms with Crippen LogP contribution in [-0.2, 0) is 4.74 Å². The summed E-state index contributed by atoms with van der Waals surface area (Å²) in [6.45, 7) is 4.59. The molecule has 2 aromatic carbocycles. The molecule has 0 spiro atoms. The van der Waals surface area contributed by atoms with Crippen molar-refractivity contribution in [2.45, 2.75) is 20.0 Å². The molecule has 7 nitrogen and oxygen atoms in total. The van der Waals surface area contributed by atoms with Gasteiger partial charge in [-0.3, -0.25) is 14.7 Å². The summed E-state index contributed by atoms with van der Waals surface area (Å²) in [5, 5.41) is 3.37. The lowest BCUT2D eigenvalue weighted by molar-refractivity contribution is 0.0526. The van der Waals surface area contributed by atoms with Crippen LogP contribution >= 0.6 is 0 Å². The summed E-state index contributed by atoms with van der Waals surface area (Å²) in [6.07, 6.45) is 1.18. The van der Waals surface area contributed by atoms with Crippen LogP contribution in [0.25, 0.3) is 0 Å². The zero-order valence-electron chi connectivity index (χ0n) is 17.4. The highest BCUT2D eigenvalue weighted by molar-refractivity contribution is 6.11. The van der Waals surface area contributed by atoms with Crippen LogP contribution < -0.4 is 15.0 Å². The minimum absolute atomic E-state index is 0.132. The number of ether oxygens (including phenoxy) is 2. The van der Waals surface area contributed by atoms with Crippen molar-refractivity contribution in [2.24, 2.45) is 0 Å². The lowest BCUT2D eigenvalue weighted by Gasteiger charge is -2.26. The second-order valence-corrected chi connectivity index (χ2v) is 6.88. The number of carbonyl (C=O) groups is 2. The number of hydrogen-bond donors (Lipinski definition) is 1. The number of rotatable bonds is 7. The third kappa shape index (κ3) is 4.07. The molecule has 1 unspecified atom stereocenters. The molecule has 1 N–H and O–H groups in total. The van der Waals surface area contributed by atoms with Crippen LogP contribution in [0.1, 0.15) is 46.4 Å². The second kappa shape index (κ2) is 8.87. The van der Waals surface area contributed by atoms with E-state index in [4.69, 9.17) is 9.47 Å². The van der Waals surface area contributed by atoms with Crippen molar-refractivity contribution in [1.29, 1.82) is 0 Å². The number of fused-ring (bicyclic) bond motifs is 1. The molecule has 1 aliphatic rings. The van der Waals surface area contributed by atoms with Gasteiger partial charge in [0, 0.05) is 17.6 Å². The van der Waals surface area contributed by atoms with Gasteiger partial charge in [0.15, 0.2) is 6.17 Å². The molecule has 1 amide bonds. The summed E-state index contributed by atoms with van der Waals surface area (Å²) in [6, 6.07) is 17.9. The molecule has 1 aromatic heterocycles. The van der Waals surface area contributed by atoms with Crippen molar-refractivity contribution in [3.63, 3.8) is 0 Å². The fourth-order valence-corrected chi connectivity index (χ4v) is 3.53. The van der Waals surface area contributed by atoms with E-state index in [2.05, 4.69) is 10.3 Å². The van der Waals surface area contributed by atoms with E-state index in [1.165, 1.54) is 0 Å². The Labute approximate surface area is 180 Å². The number of nitrogens with one attached hydrogen (secondary N) is 1. The molecule has 7 heteroatoms. The molecule has 31 heavy (non-hydrogen) atoms. The van der Waals surface area contributed by atoms with Gasteiger partial charge in [-0.25, -0.2) is 4.79 Å². The molecule has 0 aliphatic carbocycles. The van der Waals surface area contributed by atoms with Crippen LogP contribution in [0.15, 0.2) is 66.9 Å². The Bertz CT molecular complexity index is 1080. The molecule has 0 bridgehead atoms. The topological polar surface area (TPSA) is 80.8 Å². The van der Waals surface area contributed by atoms with E-state index in [1.807, 2.05) is 31.2 Å². The average Bonchev–Trinajstić information content (AvgIpc) is 3.07. The predicted molar refractivity (Wildman–Crippen MR) is 117 cm³/mol. The van der Waals surface area contributed by atoms with Gasteiger partial charge in [0.1, 0.15) is 5.75 Å². The number of pyridine rings is 1. The van der Waals surface area contributed by atoms with Crippen LogP contribution in [0.4, 0.5) is 11.4 Å². The normalized spacial score (nSPS) is 14.8. The molecule has 4 rings (SSSR count). The maximum absolute atomic E-state index is 13.2. The van der Waals surface area contributed by atoms with E-state index < -0.39 is 6.17 Å². The van der Waals surface area contributed by atoms with Crippen molar-refractivity contribution in [2.75, 3.05) is 23.4 Å².